The Morgan fingerprint density at radius 2 is 1.83 bits per heavy atom. The minimum absolute atomic E-state index is 0.0767. The standard InChI is InChI=1S/C19H20N2O2/c1-2-23-18-11-9-17(10-12-18)19(22)21(14-6-13-20)15-16-7-4-3-5-8-16/h3-5,7-12H,2,6,14-15H2,1H3. The van der Waals surface area contributed by atoms with Gasteiger partial charge < -0.3 is 9.64 Å². The number of hydrogen-bond donors (Lipinski definition) is 0. The van der Waals surface area contributed by atoms with Gasteiger partial charge in [0.05, 0.1) is 19.1 Å². The van der Waals surface area contributed by atoms with Crippen LogP contribution < -0.4 is 4.74 Å². The van der Waals surface area contributed by atoms with Crippen LogP contribution in [0.4, 0.5) is 0 Å². The summed E-state index contributed by atoms with van der Waals surface area (Å²) in [6.07, 6.45) is 0.315. The van der Waals surface area contributed by atoms with E-state index in [9.17, 15) is 4.79 Å². The Labute approximate surface area is 136 Å². The van der Waals surface area contributed by atoms with E-state index in [1.54, 1.807) is 29.2 Å². The van der Waals surface area contributed by atoms with E-state index in [1.807, 2.05) is 37.3 Å². The molecule has 0 saturated carbocycles. The summed E-state index contributed by atoms with van der Waals surface area (Å²) < 4.78 is 5.39. The van der Waals surface area contributed by atoms with E-state index in [-0.39, 0.29) is 5.91 Å². The number of rotatable bonds is 7. The maximum absolute atomic E-state index is 12.7. The molecule has 4 nitrogen and oxygen atoms in total. The Balaban J connectivity index is 2.13. The maximum Gasteiger partial charge on any atom is 0.254 e. The SMILES string of the molecule is CCOc1ccc(C(=O)N(CCC#N)Cc2ccccc2)cc1. The minimum Gasteiger partial charge on any atom is -0.494 e. The molecule has 118 valence electrons. The molecule has 0 heterocycles. The van der Waals surface area contributed by atoms with Crippen molar-refractivity contribution in [3.8, 4) is 11.8 Å². The molecule has 0 saturated heterocycles. The van der Waals surface area contributed by atoms with Crippen molar-refractivity contribution in [2.75, 3.05) is 13.2 Å². The molecule has 0 aliphatic carbocycles. The normalized spacial score (nSPS) is 9.91. The first kappa shape index (κ1) is 16.6. The van der Waals surface area contributed by atoms with Gasteiger partial charge in [0.15, 0.2) is 0 Å². The van der Waals surface area contributed by atoms with E-state index in [0.29, 0.717) is 31.7 Å². The molecule has 0 aliphatic heterocycles. The van der Waals surface area contributed by atoms with Crippen molar-refractivity contribution in [3.63, 3.8) is 0 Å². The summed E-state index contributed by atoms with van der Waals surface area (Å²) in [4.78, 5) is 14.4. The van der Waals surface area contributed by atoms with Crippen LogP contribution in [0.1, 0.15) is 29.3 Å². The number of nitrogens with zero attached hydrogens (tertiary/aromatic N) is 2. The zero-order chi connectivity index (χ0) is 16.5. The van der Waals surface area contributed by atoms with Crippen LogP contribution in [0.15, 0.2) is 54.6 Å². The topological polar surface area (TPSA) is 53.3 Å². The summed E-state index contributed by atoms with van der Waals surface area (Å²) in [6, 6.07) is 19.0. The van der Waals surface area contributed by atoms with Crippen LogP contribution in [-0.2, 0) is 6.54 Å². The molecule has 0 radical (unpaired) electrons. The van der Waals surface area contributed by atoms with Crippen molar-refractivity contribution >= 4 is 5.91 Å². The van der Waals surface area contributed by atoms with Crippen molar-refractivity contribution in [2.24, 2.45) is 0 Å². The molecule has 0 unspecified atom stereocenters. The molecule has 0 aromatic heterocycles. The smallest absolute Gasteiger partial charge is 0.254 e. The van der Waals surface area contributed by atoms with Gasteiger partial charge in [0.2, 0.25) is 0 Å². The lowest BCUT2D eigenvalue weighted by Crippen LogP contribution is -2.31. The van der Waals surface area contributed by atoms with Crippen LogP contribution in [0.25, 0.3) is 0 Å². The quantitative estimate of drug-likeness (QED) is 0.784. The largest absolute Gasteiger partial charge is 0.494 e. The van der Waals surface area contributed by atoms with Crippen molar-refractivity contribution in [1.82, 2.24) is 4.90 Å². The molecule has 23 heavy (non-hydrogen) atoms. The molecule has 0 fully saturated rings. The van der Waals surface area contributed by atoms with Gasteiger partial charge in [0.25, 0.3) is 5.91 Å². The predicted octanol–water partition coefficient (Wildman–Crippen LogP) is 3.64. The summed E-state index contributed by atoms with van der Waals surface area (Å²) in [6.45, 7) is 3.42. The highest BCUT2D eigenvalue weighted by Crippen LogP contribution is 2.15. The van der Waals surface area contributed by atoms with E-state index >= 15 is 0 Å². The third-order valence-corrected chi connectivity index (χ3v) is 3.41. The predicted molar refractivity (Wildman–Crippen MR) is 89.0 cm³/mol. The number of carbonyl (C=O) groups excluding carboxylic acids is 1. The third kappa shape index (κ3) is 4.86. The molecular weight excluding hydrogens is 288 g/mol. The average Bonchev–Trinajstić information content (AvgIpc) is 2.60. The zero-order valence-corrected chi connectivity index (χ0v) is 13.2. The fourth-order valence-corrected chi connectivity index (χ4v) is 2.28. The first-order valence-corrected chi connectivity index (χ1v) is 7.67. The molecule has 2 aromatic rings. The van der Waals surface area contributed by atoms with E-state index in [1.165, 1.54) is 0 Å². The summed E-state index contributed by atoms with van der Waals surface area (Å²) in [5.74, 6) is 0.669. The molecule has 0 bridgehead atoms. The number of carbonyl (C=O) groups is 1. The van der Waals surface area contributed by atoms with Gasteiger partial charge >= 0.3 is 0 Å². The van der Waals surface area contributed by atoms with Crippen LogP contribution in [0.2, 0.25) is 0 Å². The molecule has 2 aromatic carbocycles. The Morgan fingerprint density at radius 3 is 2.43 bits per heavy atom. The highest BCUT2D eigenvalue weighted by atomic mass is 16.5. The first-order chi connectivity index (χ1) is 11.2. The van der Waals surface area contributed by atoms with Gasteiger partial charge in [-0.25, -0.2) is 0 Å². The number of hydrogen-bond acceptors (Lipinski definition) is 3. The van der Waals surface area contributed by atoms with Gasteiger partial charge in [0, 0.05) is 18.7 Å². The number of nitriles is 1. The molecule has 2 rings (SSSR count). The summed E-state index contributed by atoms with van der Waals surface area (Å²) >= 11 is 0. The Morgan fingerprint density at radius 1 is 1.13 bits per heavy atom. The second-order valence-electron chi connectivity index (χ2n) is 5.08. The Bertz CT molecular complexity index is 660. The number of ether oxygens (including phenoxy) is 1. The zero-order valence-electron chi connectivity index (χ0n) is 13.2. The van der Waals surface area contributed by atoms with E-state index in [4.69, 9.17) is 10.00 Å². The van der Waals surface area contributed by atoms with Crippen LogP contribution in [0.3, 0.4) is 0 Å². The second-order valence-corrected chi connectivity index (χ2v) is 5.08. The number of amides is 1. The van der Waals surface area contributed by atoms with Crippen LogP contribution >= 0.6 is 0 Å². The van der Waals surface area contributed by atoms with Gasteiger partial charge in [-0.3, -0.25) is 4.79 Å². The molecule has 0 aliphatic rings. The Kier molecular flexibility index (Phi) is 6.19. The molecule has 0 N–H and O–H groups in total. The van der Waals surface area contributed by atoms with Crippen molar-refractivity contribution < 1.29 is 9.53 Å². The summed E-state index contributed by atoms with van der Waals surface area (Å²) in [5.41, 5.74) is 1.65. The number of benzene rings is 2. The van der Waals surface area contributed by atoms with E-state index in [0.717, 1.165) is 11.3 Å². The molecule has 0 atom stereocenters. The van der Waals surface area contributed by atoms with Crippen molar-refractivity contribution in [2.45, 2.75) is 19.9 Å². The van der Waals surface area contributed by atoms with Gasteiger partial charge in [0.1, 0.15) is 5.75 Å². The molecular formula is C19H20N2O2. The minimum atomic E-state index is -0.0767. The summed E-state index contributed by atoms with van der Waals surface area (Å²) in [7, 11) is 0. The third-order valence-electron chi connectivity index (χ3n) is 3.41. The van der Waals surface area contributed by atoms with E-state index in [2.05, 4.69) is 6.07 Å². The lowest BCUT2D eigenvalue weighted by molar-refractivity contribution is 0.0747. The van der Waals surface area contributed by atoms with Gasteiger partial charge in [-0.05, 0) is 36.8 Å². The van der Waals surface area contributed by atoms with Gasteiger partial charge in [-0.2, -0.15) is 5.26 Å². The summed E-state index contributed by atoms with van der Waals surface area (Å²) in [5, 5.41) is 8.82. The maximum atomic E-state index is 12.7. The highest BCUT2D eigenvalue weighted by Gasteiger charge is 2.16. The highest BCUT2D eigenvalue weighted by molar-refractivity contribution is 5.94. The first-order valence-electron chi connectivity index (χ1n) is 7.67. The van der Waals surface area contributed by atoms with Crippen molar-refractivity contribution in [3.05, 3.63) is 65.7 Å². The van der Waals surface area contributed by atoms with Gasteiger partial charge in [-0.15, -0.1) is 0 Å². The molecule has 4 heteroatoms. The average molecular weight is 308 g/mol. The van der Waals surface area contributed by atoms with E-state index < -0.39 is 0 Å². The fourth-order valence-electron chi connectivity index (χ4n) is 2.28. The van der Waals surface area contributed by atoms with Crippen LogP contribution in [0, 0.1) is 11.3 Å². The molecule has 1 amide bonds. The Hall–Kier alpha value is -2.80. The monoisotopic (exact) mass is 308 g/mol. The van der Waals surface area contributed by atoms with Crippen LogP contribution in [-0.4, -0.2) is 24.0 Å². The lowest BCUT2D eigenvalue weighted by Gasteiger charge is -2.22. The second kappa shape index (κ2) is 8.60. The van der Waals surface area contributed by atoms with Crippen LogP contribution in [0.5, 0.6) is 5.75 Å². The van der Waals surface area contributed by atoms with Crippen molar-refractivity contribution in [1.29, 1.82) is 5.26 Å². The molecule has 0 spiro atoms. The lowest BCUT2D eigenvalue weighted by atomic mass is 10.1. The van der Waals surface area contributed by atoms with Gasteiger partial charge in [-0.1, -0.05) is 30.3 Å². The fraction of sp³-hybridized carbons (Fsp3) is 0.263.